The lowest BCUT2D eigenvalue weighted by atomic mass is 10.0. The quantitative estimate of drug-likeness (QED) is 0.873. The number of aromatic nitrogens is 2. The van der Waals surface area contributed by atoms with Gasteiger partial charge in [0.25, 0.3) is 0 Å². The third-order valence-electron chi connectivity index (χ3n) is 2.61. The number of benzene rings is 1. The van der Waals surface area contributed by atoms with Crippen LogP contribution in [-0.2, 0) is 6.54 Å². The van der Waals surface area contributed by atoms with E-state index in [2.05, 4.69) is 16.0 Å². The van der Waals surface area contributed by atoms with E-state index >= 15 is 0 Å². The van der Waals surface area contributed by atoms with Crippen molar-refractivity contribution in [3.8, 4) is 17.1 Å². The molecule has 0 saturated carbocycles. The third-order valence-corrected chi connectivity index (χ3v) is 2.61. The molecule has 0 spiro atoms. The molecule has 0 aliphatic heterocycles. The first-order valence-electron chi connectivity index (χ1n) is 5.41. The van der Waals surface area contributed by atoms with E-state index in [0.717, 1.165) is 22.4 Å². The van der Waals surface area contributed by atoms with E-state index in [-0.39, 0.29) is 0 Å². The van der Waals surface area contributed by atoms with Crippen molar-refractivity contribution in [3.63, 3.8) is 0 Å². The van der Waals surface area contributed by atoms with Crippen molar-refractivity contribution in [3.05, 3.63) is 41.7 Å². The first-order chi connectivity index (χ1) is 8.24. The Labute approximate surface area is 100 Å². The Morgan fingerprint density at radius 3 is 2.82 bits per heavy atom. The minimum absolute atomic E-state index is 0.390. The highest BCUT2D eigenvalue weighted by Crippen LogP contribution is 2.23. The number of nitrogens with two attached hydrogens (primary N) is 1. The average molecular weight is 229 g/mol. The van der Waals surface area contributed by atoms with Gasteiger partial charge in [-0.15, -0.1) is 0 Å². The second-order valence-electron chi connectivity index (χ2n) is 3.76. The zero-order chi connectivity index (χ0) is 12.3. The lowest BCUT2D eigenvalue weighted by molar-refractivity contribution is 0.379. The number of nitrogens with zero attached hydrogens (tertiary/aromatic N) is 2. The van der Waals surface area contributed by atoms with Crippen molar-refractivity contribution in [2.45, 2.75) is 13.5 Å². The number of ether oxygens (including phenoxy) is 1. The molecule has 4 nitrogen and oxygen atoms in total. The molecule has 17 heavy (non-hydrogen) atoms. The van der Waals surface area contributed by atoms with Gasteiger partial charge in [-0.05, 0) is 24.1 Å². The van der Waals surface area contributed by atoms with E-state index in [0.29, 0.717) is 12.6 Å². The molecular formula is C13H15N3O. The summed E-state index contributed by atoms with van der Waals surface area (Å²) in [4.78, 5) is 8.38. The second-order valence-corrected chi connectivity index (χ2v) is 3.76. The fraction of sp³-hybridized carbons (Fsp3) is 0.231. The van der Waals surface area contributed by atoms with Crippen molar-refractivity contribution >= 4 is 0 Å². The fourth-order valence-electron chi connectivity index (χ4n) is 1.69. The lowest BCUT2D eigenvalue weighted by Crippen LogP contribution is -1.98. The van der Waals surface area contributed by atoms with Crippen molar-refractivity contribution in [1.29, 1.82) is 0 Å². The first kappa shape index (κ1) is 11.5. The molecule has 0 saturated heterocycles. The molecule has 0 fully saturated rings. The van der Waals surface area contributed by atoms with Crippen molar-refractivity contribution in [2.24, 2.45) is 5.73 Å². The number of methoxy groups -OCH3 is 1. The van der Waals surface area contributed by atoms with Crippen LogP contribution in [0.2, 0.25) is 0 Å². The molecular weight excluding hydrogens is 214 g/mol. The summed E-state index contributed by atoms with van der Waals surface area (Å²) in [6.07, 6.45) is 1.77. The maximum Gasteiger partial charge on any atom is 0.316 e. The topological polar surface area (TPSA) is 61.0 Å². The Morgan fingerprint density at radius 2 is 2.18 bits per heavy atom. The molecule has 2 aromatic rings. The molecule has 0 bridgehead atoms. The molecule has 0 unspecified atom stereocenters. The standard InChI is InChI=1S/C13H15N3O/c1-9-12(8-15-13(16-9)17-2)11-5-3-4-10(6-11)7-14/h3-6,8H,7,14H2,1-2H3. The van der Waals surface area contributed by atoms with Crippen LogP contribution in [0.4, 0.5) is 0 Å². The molecule has 2 N–H and O–H groups in total. The Bertz CT molecular complexity index is 526. The molecule has 0 aliphatic rings. The molecule has 2 rings (SSSR count). The molecule has 0 radical (unpaired) electrons. The van der Waals surface area contributed by atoms with Gasteiger partial charge < -0.3 is 10.5 Å². The van der Waals surface area contributed by atoms with Gasteiger partial charge in [-0.2, -0.15) is 4.98 Å². The Kier molecular flexibility index (Phi) is 3.35. The molecule has 1 aromatic heterocycles. The minimum atomic E-state index is 0.390. The minimum Gasteiger partial charge on any atom is -0.467 e. The van der Waals surface area contributed by atoms with Crippen molar-refractivity contribution in [2.75, 3.05) is 7.11 Å². The number of hydrogen-bond acceptors (Lipinski definition) is 4. The van der Waals surface area contributed by atoms with E-state index in [1.54, 1.807) is 13.3 Å². The summed E-state index contributed by atoms with van der Waals surface area (Å²) in [5.74, 6) is 0. The SMILES string of the molecule is COc1ncc(-c2cccc(CN)c2)c(C)n1. The van der Waals surface area contributed by atoms with Crippen LogP contribution in [-0.4, -0.2) is 17.1 Å². The highest BCUT2D eigenvalue weighted by atomic mass is 16.5. The van der Waals surface area contributed by atoms with Crippen molar-refractivity contribution in [1.82, 2.24) is 9.97 Å². The van der Waals surface area contributed by atoms with Crippen LogP contribution in [0.15, 0.2) is 30.5 Å². The van der Waals surface area contributed by atoms with Crippen LogP contribution in [0.1, 0.15) is 11.3 Å². The largest absolute Gasteiger partial charge is 0.467 e. The van der Waals surface area contributed by atoms with Crippen LogP contribution in [0.3, 0.4) is 0 Å². The summed E-state index contributed by atoms with van der Waals surface area (Å²) in [6, 6.07) is 8.46. The maximum atomic E-state index is 5.63. The molecule has 4 heteroatoms. The first-order valence-corrected chi connectivity index (χ1v) is 5.41. The van der Waals surface area contributed by atoms with E-state index in [9.17, 15) is 0 Å². The van der Waals surface area contributed by atoms with Crippen LogP contribution in [0, 0.1) is 6.92 Å². The van der Waals surface area contributed by atoms with Gasteiger partial charge in [0.1, 0.15) is 0 Å². The van der Waals surface area contributed by atoms with E-state index in [1.807, 2.05) is 25.1 Å². The molecule has 1 aromatic carbocycles. The van der Waals surface area contributed by atoms with Gasteiger partial charge in [0.2, 0.25) is 0 Å². The van der Waals surface area contributed by atoms with E-state index in [4.69, 9.17) is 10.5 Å². The number of hydrogen-bond donors (Lipinski definition) is 1. The van der Waals surface area contributed by atoms with Gasteiger partial charge in [-0.25, -0.2) is 4.98 Å². The highest BCUT2D eigenvalue weighted by Gasteiger charge is 2.06. The second kappa shape index (κ2) is 4.93. The number of aryl methyl sites for hydroxylation is 1. The predicted molar refractivity (Wildman–Crippen MR) is 66.6 cm³/mol. The smallest absolute Gasteiger partial charge is 0.316 e. The molecule has 88 valence electrons. The lowest BCUT2D eigenvalue weighted by Gasteiger charge is -2.07. The third kappa shape index (κ3) is 2.42. The Balaban J connectivity index is 2.45. The summed E-state index contributed by atoms with van der Waals surface area (Å²) in [6.45, 7) is 2.47. The van der Waals surface area contributed by atoms with Gasteiger partial charge in [-0.3, -0.25) is 0 Å². The summed E-state index contributed by atoms with van der Waals surface area (Å²) in [5, 5.41) is 0. The molecule has 0 aliphatic carbocycles. The van der Waals surface area contributed by atoms with Crippen molar-refractivity contribution < 1.29 is 4.74 Å². The van der Waals surface area contributed by atoms with Gasteiger partial charge >= 0.3 is 6.01 Å². The monoisotopic (exact) mass is 229 g/mol. The van der Waals surface area contributed by atoms with Gasteiger partial charge in [0.15, 0.2) is 0 Å². The predicted octanol–water partition coefficient (Wildman–Crippen LogP) is 1.92. The zero-order valence-corrected chi connectivity index (χ0v) is 9.97. The number of rotatable bonds is 3. The van der Waals surface area contributed by atoms with E-state index < -0.39 is 0 Å². The normalized spacial score (nSPS) is 10.3. The summed E-state index contributed by atoms with van der Waals surface area (Å²) >= 11 is 0. The average Bonchev–Trinajstić information content (AvgIpc) is 2.38. The van der Waals surface area contributed by atoms with Crippen LogP contribution < -0.4 is 10.5 Å². The van der Waals surface area contributed by atoms with Crippen LogP contribution in [0.5, 0.6) is 6.01 Å². The zero-order valence-electron chi connectivity index (χ0n) is 9.97. The van der Waals surface area contributed by atoms with E-state index in [1.165, 1.54) is 0 Å². The maximum absolute atomic E-state index is 5.63. The fourth-order valence-corrected chi connectivity index (χ4v) is 1.69. The molecule has 1 heterocycles. The Morgan fingerprint density at radius 1 is 1.35 bits per heavy atom. The summed E-state index contributed by atoms with van der Waals surface area (Å²) in [7, 11) is 1.56. The van der Waals surface area contributed by atoms with Gasteiger partial charge in [-0.1, -0.05) is 18.2 Å². The summed E-state index contributed by atoms with van der Waals surface area (Å²) < 4.78 is 4.99. The van der Waals surface area contributed by atoms with Crippen LogP contribution >= 0.6 is 0 Å². The Hall–Kier alpha value is -1.94. The summed E-state index contributed by atoms with van der Waals surface area (Å²) in [5.41, 5.74) is 9.70. The highest BCUT2D eigenvalue weighted by molar-refractivity contribution is 5.65. The van der Waals surface area contributed by atoms with Crippen LogP contribution in [0.25, 0.3) is 11.1 Å². The molecule has 0 amide bonds. The van der Waals surface area contributed by atoms with Gasteiger partial charge in [0.05, 0.1) is 12.8 Å². The van der Waals surface area contributed by atoms with Gasteiger partial charge in [0, 0.05) is 18.3 Å². The molecule has 0 atom stereocenters.